The van der Waals surface area contributed by atoms with Gasteiger partial charge in [-0.05, 0) is 49.4 Å². The van der Waals surface area contributed by atoms with Crippen molar-refractivity contribution in [1.29, 1.82) is 0 Å². The standard InChI is InChI=1S/C18H23N3O2/c1-13-7-9-21(16(10-13)17-6-5-14(2)23-17)18(22)20-12-15-4-3-8-19-11-15/h3-6,8,11,13,16H,7,9-10,12H2,1-2H3,(H,20,22)/t13-,16-/m0/s1. The van der Waals surface area contributed by atoms with Gasteiger partial charge in [-0.1, -0.05) is 13.0 Å². The third-order valence-electron chi connectivity index (χ3n) is 4.38. The van der Waals surface area contributed by atoms with E-state index in [0.29, 0.717) is 12.5 Å². The van der Waals surface area contributed by atoms with Gasteiger partial charge < -0.3 is 14.6 Å². The van der Waals surface area contributed by atoms with Crippen LogP contribution < -0.4 is 5.32 Å². The molecule has 1 N–H and O–H groups in total. The lowest BCUT2D eigenvalue weighted by Gasteiger charge is -2.37. The second-order valence-corrected chi connectivity index (χ2v) is 6.31. The van der Waals surface area contributed by atoms with E-state index in [1.807, 2.05) is 36.1 Å². The predicted molar refractivity (Wildman–Crippen MR) is 87.8 cm³/mol. The minimum atomic E-state index is -0.0418. The summed E-state index contributed by atoms with van der Waals surface area (Å²) < 4.78 is 5.78. The number of pyridine rings is 1. The first kappa shape index (κ1) is 15.6. The number of furan rings is 1. The van der Waals surface area contributed by atoms with E-state index in [4.69, 9.17) is 4.42 Å². The maximum atomic E-state index is 12.6. The first-order valence-electron chi connectivity index (χ1n) is 8.13. The average Bonchev–Trinajstić information content (AvgIpc) is 3.00. The summed E-state index contributed by atoms with van der Waals surface area (Å²) in [6, 6.07) is 7.75. The highest BCUT2D eigenvalue weighted by Crippen LogP contribution is 2.34. The van der Waals surface area contributed by atoms with E-state index >= 15 is 0 Å². The van der Waals surface area contributed by atoms with Crippen molar-refractivity contribution in [2.75, 3.05) is 6.54 Å². The summed E-state index contributed by atoms with van der Waals surface area (Å²) in [5, 5.41) is 3.00. The lowest BCUT2D eigenvalue weighted by Crippen LogP contribution is -2.45. The van der Waals surface area contributed by atoms with Crippen LogP contribution in [0.3, 0.4) is 0 Å². The number of carbonyl (C=O) groups is 1. The number of likely N-dealkylation sites (tertiary alicyclic amines) is 1. The van der Waals surface area contributed by atoms with Crippen molar-refractivity contribution in [3.05, 3.63) is 53.7 Å². The van der Waals surface area contributed by atoms with Gasteiger partial charge in [0.05, 0.1) is 6.04 Å². The summed E-state index contributed by atoms with van der Waals surface area (Å²) in [7, 11) is 0. The van der Waals surface area contributed by atoms with E-state index in [1.165, 1.54) is 0 Å². The predicted octanol–water partition coefficient (Wildman–Crippen LogP) is 3.67. The lowest BCUT2D eigenvalue weighted by atomic mass is 9.91. The maximum Gasteiger partial charge on any atom is 0.318 e. The molecule has 0 saturated carbocycles. The zero-order valence-electron chi connectivity index (χ0n) is 13.7. The second kappa shape index (κ2) is 6.86. The van der Waals surface area contributed by atoms with Crippen LogP contribution in [0.15, 0.2) is 41.1 Å². The van der Waals surface area contributed by atoms with Crippen LogP contribution in [-0.4, -0.2) is 22.5 Å². The fourth-order valence-corrected chi connectivity index (χ4v) is 3.07. The van der Waals surface area contributed by atoms with Crippen LogP contribution in [0.1, 0.15) is 42.9 Å². The number of hydrogen-bond donors (Lipinski definition) is 1. The Hall–Kier alpha value is -2.30. The van der Waals surface area contributed by atoms with Crippen LogP contribution in [0.2, 0.25) is 0 Å². The summed E-state index contributed by atoms with van der Waals surface area (Å²) in [5.74, 6) is 2.35. The third-order valence-corrected chi connectivity index (χ3v) is 4.38. The molecule has 2 aromatic rings. The molecule has 1 aliphatic heterocycles. The second-order valence-electron chi connectivity index (χ2n) is 6.31. The van der Waals surface area contributed by atoms with Gasteiger partial charge in [0, 0.05) is 25.5 Å². The monoisotopic (exact) mass is 313 g/mol. The van der Waals surface area contributed by atoms with Crippen LogP contribution in [0.25, 0.3) is 0 Å². The molecule has 3 heterocycles. The third kappa shape index (κ3) is 3.73. The number of amides is 2. The molecular weight excluding hydrogens is 290 g/mol. The van der Waals surface area contributed by atoms with E-state index in [9.17, 15) is 4.79 Å². The van der Waals surface area contributed by atoms with Gasteiger partial charge in [-0.25, -0.2) is 4.79 Å². The highest BCUT2D eigenvalue weighted by Gasteiger charge is 2.32. The van der Waals surface area contributed by atoms with Gasteiger partial charge in [-0.3, -0.25) is 4.98 Å². The van der Waals surface area contributed by atoms with Crippen molar-refractivity contribution in [2.24, 2.45) is 5.92 Å². The molecule has 2 aromatic heterocycles. The number of piperidine rings is 1. The number of hydrogen-bond acceptors (Lipinski definition) is 3. The van der Waals surface area contributed by atoms with Crippen LogP contribution in [0.5, 0.6) is 0 Å². The van der Waals surface area contributed by atoms with E-state index in [1.54, 1.807) is 12.4 Å². The molecule has 0 bridgehead atoms. The molecular formula is C18H23N3O2. The number of rotatable bonds is 3. The molecule has 1 aliphatic rings. The van der Waals surface area contributed by atoms with Crippen molar-refractivity contribution in [3.63, 3.8) is 0 Å². The van der Waals surface area contributed by atoms with Gasteiger partial charge >= 0.3 is 6.03 Å². The first-order valence-corrected chi connectivity index (χ1v) is 8.13. The number of nitrogens with one attached hydrogen (secondary N) is 1. The normalized spacial score (nSPS) is 21.2. The van der Waals surface area contributed by atoms with Crippen LogP contribution >= 0.6 is 0 Å². The molecule has 0 spiro atoms. The SMILES string of the molecule is Cc1ccc([C@@H]2C[C@@H](C)CCN2C(=O)NCc2cccnc2)o1. The number of nitrogens with zero attached hydrogens (tertiary/aromatic N) is 2. The topological polar surface area (TPSA) is 58.4 Å². The van der Waals surface area contributed by atoms with Crippen molar-refractivity contribution in [3.8, 4) is 0 Å². The minimum Gasteiger partial charge on any atom is -0.464 e. The molecule has 0 radical (unpaired) electrons. The molecule has 0 unspecified atom stereocenters. The highest BCUT2D eigenvalue weighted by atomic mass is 16.3. The Morgan fingerprint density at radius 1 is 1.43 bits per heavy atom. The zero-order chi connectivity index (χ0) is 16.2. The molecule has 5 heteroatoms. The van der Waals surface area contributed by atoms with Gasteiger partial charge in [0.25, 0.3) is 0 Å². The van der Waals surface area contributed by atoms with Crippen molar-refractivity contribution < 1.29 is 9.21 Å². The molecule has 3 rings (SSSR count). The number of aryl methyl sites for hydroxylation is 1. The van der Waals surface area contributed by atoms with E-state index < -0.39 is 0 Å². The lowest BCUT2D eigenvalue weighted by molar-refractivity contribution is 0.119. The molecule has 122 valence electrons. The zero-order valence-corrected chi connectivity index (χ0v) is 13.7. The number of urea groups is 1. The largest absolute Gasteiger partial charge is 0.464 e. The fraction of sp³-hybridized carbons (Fsp3) is 0.444. The summed E-state index contributed by atoms with van der Waals surface area (Å²) in [5.41, 5.74) is 0.997. The van der Waals surface area contributed by atoms with Crippen molar-refractivity contribution in [1.82, 2.24) is 15.2 Å². The van der Waals surface area contributed by atoms with Gasteiger partial charge in [-0.2, -0.15) is 0 Å². The van der Waals surface area contributed by atoms with E-state index in [0.717, 1.165) is 36.5 Å². The smallest absolute Gasteiger partial charge is 0.318 e. The Kier molecular flexibility index (Phi) is 4.65. The molecule has 0 aliphatic carbocycles. The maximum absolute atomic E-state index is 12.6. The number of aromatic nitrogens is 1. The van der Waals surface area contributed by atoms with Crippen LogP contribution in [0.4, 0.5) is 4.79 Å². The average molecular weight is 313 g/mol. The minimum absolute atomic E-state index is 0.0151. The first-order chi connectivity index (χ1) is 11.1. The van der Waals surface area contributed by atoms with Crippen LogP contribution in [-0.2, 0) is 6.54 Å². The Labute approximate surface area is 136 Å². The summed E-state index contributed by atoms with van der Waals surface area (Å²) in [6.45, 7) is 5.41. The summed E-state index contributed by atoms with van der Waals surface area (Å²) >= 11 is 0. The Morgan fingerprint density at radius 2 is 2.30 bits per heavy atom. The Morgan fingerprint density at radius 3 is 3.00 bits per heavy atom. The Balaban J connectivity index is 1.69. The van der Waals surface area contributed by atoms with Gasteiger partial charge in [0.15, 0.2) is 0 Å². The molecule has 2 amide bonds. The molecule has 1 fully saturated rings. The number of carbonyl (C=O) groups excluding carboxylic acids is 1. The van der Waals surface area contributed by atoms with Crippen molar-refractivity contribution in [2.45, 2.75) is 39.3 Å². The molecule has 0 aromatic carbocycles. The summed E-state index contributed by atoms with van der Waals surface area (Å²) in [4.78, 5) is 18.6. The van der Waals surface area contributed by atoms with E-state index in [-0.39, 0.29) is 12.1 Å². The van der Waals surface area contributed by atoms with Crippen molar-refractivity contribution >= 4 is 6.03 Å². The summed E-state index contributed by atoms with van der Waals surface area (Å²) in [6.07, 6.45) is 5.46. The van der Waals surface area contributed by atoms with Gasteiger partial charge in [0.1, 0.15) is 11.5 Å². The fourth-order valence-electron chi connectivity index (χ4n) is 3.07. The molecule has 2 atom stereocenters. The molecule has 23 heavy (non-hydrogen) atoms. The molecule has 5 nitrogen and oxygen atoms in total. The quantitative estimate of drug-likeness (QED) is 0.940. The van der Waals surface area contributed by atoms with E-state index in [2.05, 4.69) is 17.2 Å². The molecule has 1 saturated heterocycles. The Bertz CT molecular complexity index is 653. The van der Waals surface area contributed by atoms with Gasteiger partial charge in [-0.15, -0.1) is 0 Å². The van der Waals surface area contributed by atoms with Crippen LogP contribution in [0, 0.1) is 12.8 Å². The van der Waals surface area contributed by atoms with Gasteiger partial charge in [0.2, 0.25) is 0 Å². The highest BCUT2D eigenvalue weighted by molar-refractivity contribution is 5.74.